The van der Waals surface area contributed by atoms with Crippen LogP contribution in [-0.2, 0) is 13.6 Å². The van der Waals surface area contributed by atoms with Gasteiger partial charge in [-0.05, 0) is 19.1 Å². The number of thiocarbonyl (C=S) groups is 1. The molecule has 0 radical (unpaired) electrons. The van der Waals surface area contributed by atoms with E-state index in [0.717, 1.165) is 22.6 Å². The van der Waals surface area contributed by atoms with Crippen molar-refractivity contribution in [2.45, 2.75) is 13.5 Å². The molecule has 0 saturated heterocycles. The molecule has 1 heterocycles. The number of hydrogen-bond donors (Lipinski definition) is 2. The summed E-state index contributed by atoms with van der Waals surface area (Å²) < 4.78 is 1.86. The van der Waals surface area contributed by atoms with E-state index in [0.29, 0.717) is 11.5 Å². The average molecular weight is 261 g/mol. The lowest BCUT2D eigenvalue weighted by atomic mass is 10.1. The van der Waals surface area contributed by atoms with Gasteiger partial charge in [-0.25, -0.2) is 0 Å². The third-order valence-corrected chi connectivity index (χ3v) is 2.90. The molecule has 5 nitrogen and oxygen atoms in total. The van der Waals surface area contributed by atoms with Crippen LogP contribution in [0.5, 0.6) is 0 Å². The number of nitrogens with two attached hydrogens (primary N) is 1. The summed E-state index contributed by atoms with van der Waals surface area (Å²) in [5.41, 5.74) is 8.61. The predicted molar refractivity (Wildman–Crippen MR) is 75.4 cm³/mol. The summed E-state index contributed by atoms with van der Waals surface area (Å²) in [6.07, 6.45) is 1.67. The van der Waals surface area contributed by atoms with Crippen molar-refractivity contribution in [1.82, 2.24) is 14.8 Å². The van der Waals surface area contributed by atoms with Gasteiger partial charge >= 0.3 is 0 Å². The number of aryl methyl sites for hydroxylation is 2. The molecule has 1 aromatic heterocycles. The summed E-state index contributed by atoms with van der Waals surface area (Å²) in [4.78, 5) is 0.388. The smallest absolute Gasteiger partial charge is 0.151 e. The zero-order chi connectivity index (χ0) is 13.1. The van der Waals surface area contributed by atoms with E-state index in [9.17, 15) is 0 Å². The number of benzene rings is 1. The predicted octanol–water partition coefficient (Wildman–Crippen LogP) is 1.37. The largest absolute Gasteiger partial charge is 0.389 e. The third kappa shape index (κ3) is 2.65. The monoisotopic (exact) mass is 261 g/mol. The molecular weight excluding hydrogens is 246 g/mol. The van der Waals surface area contributed by atoms with Gasteiger partial charge in [-0.2, -0.15) is 0 Å². The maximum atomic E-state index is 5.72. The topological polar surface area (TPSA) is 68.8 Å². The highest BCUT2D eigenvalue weighted by Crippen LogP contribution is 2.17. The Morgan fingerprint density at radius 3 is 2.89 bits per heavy atom. The minimum absolute atomic E-state index is 0.388. The Hall–Kier alpha value is -1.95. The first kappa shape index (κ1) is 12.5. The molecule has 2 aromatic rings. The van der Waals surface area contributed by atoms with Gasteiger partial charge in [0.05, 0.1) is 6.54 Å². The maximum Gasteiger partial charge on any atom is 0.151 e. The van der Waals surface area contributed by atoms with Gasteiger partial charge in [0.1, 0.15) is 11.3 Å². The lowest BCUT2D eigenvalue weighted by Gasteiger charge is -2.11. The summed E-state index contributed by atoms with van der Waals surface area (Å²) in [6, 6.07) is 5.96. The van der Waals surface area contributed by atoms with Gasteiger partial charge < -0.3 is 15.6 Å². The molecule has 0 aliphatic heterocycles. The van der Waals surface area contributed by atoms with Gasteiger partial charge in [0, 0.05) is 18.3 Å². The van der Waals surface area contributed by atoms with Crippen LogP contribution in [0.4, 0.5) is 5.69 Å². The first-order valence-electron chi connectivity index (χ1n) is 5.55. The molecule has 18 heavy (non-hydrogen) atoms. The van der Waals surface area contributed by atoms with E-state index in [2.05, 4.69) is 15.5 Å². The molecule has 0 aliphatic rings. The molecule has 0 aliphatic carbocycles. The van der Waals surface area contributed by atoms with Crippen molar-refractivity contribution in [3.63, 3.8) is 0 Å². The Morgan fingerprint density at radius 1 is 1.50 bits per heavy atom. The second kappa shape index (κ2) is 5.14. The van der Waals surface area contributed by atoms with Crippen LogP contribution < -0.4 is 11.1 Å². The first-order chi connectivity index (χ1) is 8.58. The molecule has 0 saturated carbocycles. The van der Waals surface area contributed by atoms with Crippen LogP contribution in [0.3, 0.4) is 0 Å². The van der Waals surface area contributed by atoms with Crippen molar-refractivity contribution in [1.29, 1.82) is 0 Å². The highest BCUT2D eigenvalue weighted by molar-refractivity contribution is 7.80. The van der Waals surface area contributed by atoms with Crippen molar-refractivity contribution < 1.29 is 0 Å². The molecule has 0 atom stereocenters. The zero-order valence-corrected chi connectivity index (χ0v) is 11.2. The Balaban J connectivity index is 2.19. The summed E-state index contributed by atoms with van der Waals surface area (Å²) in [7, 11) is 1.90. The average Bonchev–Trinajstić information content (AvgIpc) is 2.73. The molecule has 2 rings (SSSR count). The molecule has 6 heteroatoms. The fraction of sp³-hybridized carbons (Fsp3) is 0.250. The van der Waals surface area contributed by atoms with Crippen LogP contribution in [0.25, 0.3) is 0 Å². The van der Waals surface area contributed by atoms with Gasteiger partial charge in [0.2, 0.25) is 0 Å². The highest BCUT2D eigenvalue weighted by atomic mass is 32.1. The normalized spacial score (nSPS) is 10.3. The van der Waals surface area contributed by atoms with Crippen LogP contribution in [0.1, 0.15) is 17.0 Å². The fourth-order valence-electron chi connectivity index (χ4n) is 1.66. The van der Waals surface area contributed by atoms with Crippen LogP contribution in [0.2, 0.25) is 0 Å². The zero-order valence-electron chi connectivity index (χ0n) is 10.3. The van der Waals surface area contributed by atoms with Crippen molar-refractivity contribution in [2.24, 2.45) is 12.8 Å². The van der Waals surface area contributed by atoms with Gasteiger partial charge in [-0.1, -0.05) is 23.8 Å². The van der Waals surface area contributed by atoms with Crippen LogP contribution >= 0.6 is 12.2 Å². The Morgan fingerprint density at radius 2 is 2.28 bits per heavy atom. The lowest BCUT2D eigenvalue weighted by Crippen LogP contribution is -2.14. The minimum atomic E-state index is 0.388. The Kier molecular flexibility index (Phi) is 3.57. The van der Waals surface area contributed by atoms with Crippen molar-refractivity contribution in [2.75, 3.05) is 5.32 Å². The van der Waals surface area contributed by atoms with E-state index in [1.807, 2.05) is 36.7 Å². The van der Waals surface area contributed by atoms with E-state index in [1.54, 1.807) is 6.33 Å². The summed E-state index contributed by atoms with van der Waals surface area (Å²) in [5, 5.41) is 11.1. The molecule has 0 bridgehead atoms. The van der Waals surface area contributed by atoms with Crippen molar-refractivity contribution in [3.8, 4) is 0 Å². The number of rotatable bonds is 4. The molecule has 1 aromatic carbocycles. The minimum Gasteiger partial charge on any atom is -0.389 e. The second-order valence-corrected chi connectivity index (χ2v) is 4.56. The molecule has 3 N–H and O–H groups in total. The molecule has 0 amide bonds. The molecule has 0 fully saturated rings. The molecule has 0 spiro atoms. The quantitative estimate of drug-likeness (QED) is 0.814. The number of nitrogens with one attached hydrogen (secondary N) is 1. The maximum absolute atomic E-state index is 5.72. The summed E-state index contributed by atoms with van der Waals surface area (Å²) >= 11 is 5.05. The van der Waals surface area contributed by atoms with E-state index in [1.165, 1.54) is 0 Å². The van der Waals surface area contributed by atoms with Crippen molar-refractivity contribution in [3.05, 3.63) is 41.5 Å². The second-order valence-electron chi connectivity index (χ2n) is 4.12. The van der Waals surface area contributed by atoms with E-state index < -0.39 is 0 Å². The van der Waals surface area contributed by atoms with Gasteiger partial charge in [-0.3, -0.25) is 0 Å². The number of nitrogens with zero attached hydrogens (tertiary/aromatic N) is 3. The van der Waals surface area contributed by atoms with Gasteiger partial charge in [-0.15, -0.1) is 10.2 Å². The Bertz CT molecular complexity index is 576. The van der Waals surface area contributed by atoms with E-state index >= 15 is 0 Å². The van der Waals surface area contributed by atoms with Crippen LogP contribution in [0.15, 0.2) is 24.5 Å². The van der Waals surface area contributed by atoms with Crippen molar-refractivity contribution >= 4 is 22.9 Å². The van der Waals surface area contributed by atoms with E-state index in [-0.39, 0.29) is 0 Å². The summed E-state index contributed by atoms with van der Waals surface area (Å²) in [5.74, 6) is 0.851. The van der Waals surface area contributed by atoms with Crippen LogP contribution in [0, 0.1) is 6.92 Å². The number of aromatic nitrogens is 3. The standard InChI is InChI=1S/C12H15N5S/c1-8-3-4-10(9(5-8)12(13)18)14-6-11-16-15-7-17(11)2/h3-5,7,14H,6H2,1-2H3,(H2,13,18). The van der Waals surface area contributed by atoms with Gasteiger partial charge in [0.25, 0.3) is 0 Å². The highest BCUT2D eigenvalue weighted by Gasteiger charge is 2.07. The van der Waals surface area contributed by atoms with Gasteiger partial charge in [0.15, 0.2) is 5.82 Å². The molecule has 0 unspecified atom stereocenters. The SMILES string of the molecule is Cc1ccc(NCc2nncn2C)c(C(N)=S)c1. The number of anilines is 1. The summed E-state index contributed by atoms with van der Waals surface area (Å²) in [6.45, 7) is 2.59. The third-order valence-electron chi connectivity index (χ3n) is 2.68. The molecular formula is C12H15N5S. The van der Waals surface area contributed by atoms with Crippen LogP contribution in [-0.4, -0.2) is 19.8 Å². The lowest BCUT2D eigenvalue weighted by molar-refractivity contribution is 0.812. The number of hydrogen-bond acceptors (Lipinski definition) is 4. The van der Waals surface area contributed by atoms with E-state index in [4.69, 9.17) is 18.0 Å². The fourth-order valence-corrected chi connectivity index (χ4v) is 1.83. The Labute approximate surface area is 111 Å². The molecule has 94 valence electrons. The first-order valence-corrected chi connectivity index (χ1v) is 5.96.